The zero-order chi connectivity index (χ0) is 15.2. The number of urea groups is 1. The maximum absolute atomic E-state index is 13.1. The van der Waals surface area contributed by atoms with Crippen LogP contribution in [0.25, 0.3) is 0 Å². The quantitative estimate of drug-likeness (QED) is 0.910. The van der Waals surface area contributed by atoms with Gasteiger partial charge < -0.3 is 10.6 Å². The number of halogens is 2. The molecule has 2 amide bonds. The first-order valence-corrected chi connectivity index (χ1v) is 6.44. The summed E-state index contributed by atoms with van der Waals surface area (Å²) in [5.41, 5.74) is 1.36. The summed E-state index contributed by atoms with van der Waals surface area (Å²) >= 11 is 0. The van der Waals surface area contributed by atoms with Crippen LogP contribution in [-0.4, -0.2) is 11.0 Å². The number of pyridine rings is 1. The molecule has 0 spiro atoms. The van der Waals surface area contributed by atoms with Gasteiger partial charge in [-0.1, -0.05) is 12.1 Å². The molecule has 0 radical (unpaired) electrons. The van der Waals surface area contributed by atoms with Crippen molar-refractivity contribution in [1.82, 2.24) is 15.6 Å². The number of carbonyl (C=O) groups excluding carboxylic acids is 1. The Bertz CT molecular complexity index is 620. The molecule has 0 aliphatic rings. The fraction of sp³-hybridized carbons (Fsp3) is 0.200. The monoisotopic (exact) mass is 291 g/mol. The van der Waals surface area contributed by atoms with Crippen LogP contribution in [-0.2, 0) is 6.54 Å². The van der Waals surface area contributed by atoms with Gasteiger partial charge in [-0.15, -0.1) is 0 Å². The standard InChI is InChI=1S/C15H15F2N3O/c1-10(12-4-5-13(16)14(17)7-12)20-15(21)19-9-11-3-2-6-18-8-11/h2-8,10H,9H2,1H3,(H2,19,20,21). The third-order valence-electron chi connectivity index (χ3n) is 2.97. The molecule has 0 saturated carbocycles. The van der Waals surface area contributed by atoms with Crippen LogP contribution < -0.4 is 10.6 Å². The minimum Gasteiger partial charge on any atom is -0.334 e. The lowest BCUT2D eigenvalue weighted by Gasteiger charge is -2.15. The van der Waals surface area contributed by atoms with Gasteiger partial charge in [0, 0.05) is 18.9 Å². The van der Waals surface area contributed by atoms with Gasteiger partial charge in [-0.3, -0.25) is 4.98 Å². The molecule has 0 aliphatic carbocycles. The molecule has 1 aromatic heterocycles. The second-order valence-corrected chi connectivity index (χ2v) is 4.58. The molecule has 6 heteroatoms. The molecule has 1 heterocycles. The summed E-state index contributed by atoms with van der Waals surface area (Å²) < 4.78 is 26.0. The van der Waals surface area contributed by atoms with Gasteiger partial charge in [-0.05, 0) is 36.2 Å². The largest absolute Gasteiger partial charge is 0.334 e. The molecule has 4 nitrogen and oxygen atoms in total. The molecule has 2 rings (SSSR count). The Kier molecular flexibility index (Phi) is 4.81. The number of nitrogens with zero attached hydrogens (tertiary/aromatic N) is 1. The second kappa shape index (κ2) is 6.78. The fourth-order valence-corrected chi connectivity index (χ4v) is 1.80. The normalized spacial score (nSPS) is 11.8. The zero-order valence-electron chi connectivity index (χ0n) is 11.4. The van der Waals surface area contributed by atoms with Crippen molar-refractivity contribution >= 4 is 6.03 Å². The molecule has 1 aromatic carbocycles. The highest BCUT2D eigenvalue weighted by atomic mass is 19.2. The van der Waals surface area contributed by atoms with Crippen molar-refractivity contribution in [3.8, 4) is 0 Å². The minimum absolute atomic E-state index is 0.337. The summed E-state index contributed by atoms with van der Waals surface area (Å²) in [6.45, 7) is 2.03. The number of benzene rings is 1. The molecule has 0 bridgehead atoms. The average molecular weight is 291 g/mol. The van der Waals surface area contributed by atoms with E-state index in [-0.39, 0.29) is 0 Å². The van der Waals surface area contributed by atoms with Gasteiger partial charge in [-0.25, -0.2) is 13.6 Å². The predicted octanol–water partition coefficient (Wildman–Crippen LogP) is 2.92. The highest BCUT2D eigenvalue weighted by Gasteiger charge is 2.11. The van der Waals surface area contributed by atoms with Gasteiger partial charge in [0.2, 0.25) is 0 Å². The minimum atomic E-state index is -0.933. The number of hydrogen-bond acceptors (Lipinski definition) is 2. The smallest absolute Gasteiger partial charge is 0.315 e. The van der Waals surface area contributed by atoms with E-state index < -0.39 is 23.7 Å². The zero-order valence-corrected chi connectivity index (χ0v) is 11.4. The van der Waals surface area contributed by atoms with E-state index >= 15 is 0 Å². The molecule has 1 unspecified atom stereocenters. The first kappa shape index (κ1) is 14.9. The van der Waals surface area contributed by atoms with E-state index in [1.165, 1.54) is 6.07 Å². The Morgan fingerprint density at radius 1 is 1.29 bits per heavy atom. The average Bonchev–Trinajstić information content (AvgIpc) is 2.49. The fourth-order valence-electron chi connectivity index (χ4n) is 1.80. The van der Waals surface area contributed by atoms with Crippen LogP contribution >= 0.6 is 0 Å². The number of aromatic nitrogens is 1. The lowest BCUT2D eigenvalue weighted by atomic mass is 10.1. The van der Waals surface area contributed by atoms with E-state index in [4.69, 9.17) is 0 Å². The van der Waals surface area contributed by atoms with Crippen molar-refractivity contribution in [2.45, 2.75) is 19.5 Å². The third-order valence-corrected chi connectivity index (χ3v) is 2.97. The van der Waals surface area contributed by atoms with Gasteiger partial charge in [0.1, 0.15) is 0 Å². The van der Waals surface area contributed by atoms with Crippen molar-refractivity contribution < 1.29 is 13.6 Å². The first-order chi connectivity index (χ1) is 10.1. The Balaban J connectivity index is 1.88. The van der Waals surface area contributed by atoms with Gasteiger partial charge >= 0.3 is 6.03 Å². The Labute approximate surface area is 121 Å². The van der Waals surface area contributed by atoms with Crippen molar-refractivity contribution in [2.75, 3.05) is 0 Å². The molecule has 2 N–H and O–H groups in total. The maximum atomic E-state index is 13.1. The molecule has 0 aliphatic heterocycles. The SMILES string of the molecule is CC(NC(=O)NCc1cccnc1)c1ccc(F)c(F)c1. The van der Waals surface area contributed by atoms with Crippen molar-refractivity contribution in [3.63, 3.8) is 0 Å². The summed E-state index contributed by atoms with van der Waals surface area (Å²) in [6.07, 6.45) is 3.30. The van der Waals surface area contributed by atoms with Crippen molar-refractivity contribution in [2.24, 2.45) is 0 Å². The van der Waals surface area contributed by atoms with Crippen LogP contribution in [0.15, 0.2) is 42.7 Å². The number of amides is 2. The van der Waals surface area contributed by atoms with Crippen LogP contribution in [0.2, 0.25) is 0 Å². The van der Waals surface area contributed by atoms with E-state index in [1.54, 1.807) is 25.4 Å². The van der Waals surface area contributed by atoms with Crippen LogP contribution in [0, 0.1) is 11.6 Å². The first-order valence-electron chi connectivity index (χ1n) is 6.44. The van der Waals surface area contributed by atoms with Gasteiger partial charge in [-0.2, -0.15) is 0 Å². The number of carbonyl (C=O) groups is 1. The molecule has 0 fully saturated rings. The highest BCUT2D eigenvalue weighted by Crippen LogP contribution is 2.15. The van der Waals surface area contributed by atoms with Gasteiger partial charge in [0.25, 0.3) is 0 Å². The molecule has 1 atom stereocenters. The Morgan fingerprint density at radius 3 is 2.76 bits per heavy atom. The Hall–Kier alpha value is -2.50. The van der Waals surface area contributed by atoms with Crippen LogP contribution in [0.1, 0.15) is 24.1 Å². The molecular weight excluding hydrogens is 276 g/mol. The van der Waals surface area contributed by atoms with Crippen molar-refractivity contribution in [3.05, 3.63) is 65.5 Å². The Morgan fingerprint density at radius 2 is 2.10 bits per heavy atom. The molecular formula is C15H15F2N3O. The summed E-state index contributed by atoms with van der Waals surface area (Å²) in [7, 11) is 0. The van der Waals surface area contributed by atoms with Crippen LogP contribution in [0.4, 0.5) is 13.6 Å². The van der Waals surface area contributed by atoms with Gasteiger partial charge in [0.15, 0.2) is 11.6 Å². The topological polar surface area (TPSA) is 54.0 Å². The van der Waals surface area contributed by atoms with E-state index in [9.17, 15) is 13.6 Å². The predicted molar refractivity (Wildman–Crippen MR) is 74.4 cm³/mol. The molecule has 0 saturated heterocycles. The highest BCUT2D eigenvalue weighted by molar-refractivity contribution is 5.74. The maximum Gasteiger partial charge on any atom is 0.315 e. The summed E-state index contributed by atoms with van der Waals surface area (Å²) in [5, 5.41) is 5.32. The molecule has 21 heavy (non-hydrogen) atoms. The van der Waals surface area contributed by atoms with Gasteiger partial charge in [0.05, 0.1) is 6.04 Å². The molecule has 2 aromatic rings. The number of hydrogen-bond donors (Lipinski definition) is 2. The summed E-state index contributed by atoms with van der Waals surface area (Å²) in [4.78, 5) is 15.7. The van der Waals surface area contributed by atoms with Crippen LogP contribution in [0.5, 0.6) is 0 Å². The number of rotatable bonds is 4. The van der Waals surface area contributed by atoms with E-state index in [2.05, 4.69) is 15.6 Å². The molecule has 110 valence electrons. The number of nitrogens with one attached hydrogen (secondary N) is 2. The van der Waals surface area contributed by atoms with E-state index in [1.807, 2.05) is 6.07 Å². The van der Waals surface area contributed by atoms with E-state index in [0.717, 1.165) is 17.7 Å². The lowest BCUT2D eigenvalue weighted by Crippen LogP contribution is -2.36. The van der Waals surface area contributed by atoms with Crippen molar-refractivity contribution in [1.29, 1.82) is 0 Å². The summed E-state index contributed by atoms with van der Waals surface area (Å²) in [5.74, 6) is -1.84. The van der Waals surface area contributed by atoms with E-state index in [0.29, 0.717) is 12.1 Å². The summed E-state index contributed by atoms with van der Waals surface area (Å²) in [6, 6.07) is 6.33. The second-order valence-electron chi connectivity index (χ2n) is 4.58. The van der Waals surface area contributed by atoms with Crippen LogP contribution in [0.3, 0.4) is 0 Å². The lowest BCUT2D eigenvalue weighted by molar-refractivity contribution is 0.237. The third kappa shape index (κ3) is 4.24.